The van der Waals surface area contributed by atoms with Crippen molar-refractivity contribution >= 4 is 11.3 Å². The van der Waals surface area contributed by atoms with Gasteiger partial charge in [0.15, 0.2) is 0 Å². The second-order valence-electron chi connectivity index (χ2n) is 5.36. The smallest absolute Gasteiger partial charge is 0.0413 e. The summed E-state index contributed by atoms with van der Waals surface area (Å²) in [7, 11) is 2.18. The maximum Gasteiger partial charge on any atom is 0.0413 e. The molecule has 0 fully saturated rings. The van der Waals surface area contributed by atoms with Crippen LogP contribution in [-0.2, 0) is 0 Å². The van der Waals surface area contributed by atoms with E-state index in [1.54, 1.807) is 0 Å². The monoisotopic (exact) mass is 288 g/mol. The molecule has 108 valence electrons. The molecule has 0 radical (unpaired) electrons. The van der Waals surface area contributed by atoms with Crippen LogP contribution in [0.1, 0.15) is 36.2 Å². The summed E-state index contributed by atoms with van der Waals surface area (Å²) in [6.07, 6.45) is 0. The summed E-state index contributed by atoms with van der Waals surface area (Å²) < 4.78 is 0. The molecule has 0 aliphatic carbocycles. The Morgan fingerprint density at radius 2 is 1.80 bits per heavy atom. The Kier molecular flexibility index (Phi) is 5.35. The van der Waals surface area contributed by atoms with E-state index in [0.717, 1.165) is 0 Å². The number of nitrogens with two attached hydrogens (primary N) is 1. The van der Waals surface area contributed by atoms with Gasteiger partial charge >= 0.3 is 0 Å². The molecule has 0 aliphatic rings. The van der Waals surface area contributed by atoms with Crippen LogP contribution in [0.2, 0.25) is 0 Å². The van der Waals surface area contributed by atoms with Crippen molar-refractivity contribution in [1.29, 1.82) is 0 Å². The van der Waals surface area contributed by atoms with Crippen molar-refractivity contribution < 1.29 is 0 Å². The van der Waals surface area contributed by atoms with Crippen LogP contribution in [0, 0.1) is 0 Å². The lowest BCUT2D eigenvalue weighted by molar-refractivity contribution is 0.170. The summed E-state index contributed by atoms with van der Waals surface area (Å²) in [4.78, 5) is 3.80. The third-order valence-corrected chi connectivity index (χ3v) is 5.28. The van der Waals surface area contributed by atoms with Crippen LogP contribution in [0.25, 0.3) is 0 Å². The molecule has 1 aromatic carbocycles. The zero-order chi connectivity index (χ0) is 14.5. The first-order chi connectivity index (χ1) is 9.65. The van der Waals surface area contributed by atoms with Gasteiger partial charge in [0.25, 0.3) is 0 Å². The predicted molar refractivity (Wildman–Crippen MR) is 88.2 cm³/mol. The Morgan fingerprint density at radius 1 is 1.10 bits per heavy atom. The summed E-state index contributed by atoms with van der Waals surface area (Å²) in [6, 6.07) is 15.7. The van der Waals surface area contributed by atoms with Gasteiger partial charge in [-0.05, 0) is 36.9 Å². The van der Waals surface area contributed by atoms with Crippen molar-refractivity contribution in [3.05, 3.63) is 58.3 Å². The fraction of sp³-hybridized carbons (Fsp3) is 0.412. The third-order valence-electron chi connectivity index (χ3n) is 4.23. The molecule has 1 aromatic heterocycles. The number of rotatable bonds is 6. The minimum atomic E-state index is 0.342. The summed E-state index contributed by atoms with van der Waals surface area (Å²) >= 11 is 1.81. The highest BCUT2D eigenvalue weighted by Gasteiger charge is 2.26. The van der Waals surface area contributed by atoms with Crippen LogP contribution in [-0.4, -0.2) is 24.5 Å². The second kappa shape index (κ2) is 7.02. The first-order valence-corrected chi connectivity index (χ1v) is 8.03. The van der Waals surface area contributed by atoms with E-state index >= 15 is 0 Å². The van der Waals surface area contributed by atoms with Gasteiger partial charge in [0.2, 0.25) is 0 Å². The van der Waals surface area contributed by atoms with Gasteiger partial charge in [0, 0.05) is 23.5 Å². The Labute approximate surface area is 126 Å². The number of benzene rings is 1. The largest absolute Gasteiger partial charge is 0.329 e. The number of hydrogen-bond acceptors (Lipinski definition) is 3. The first kappa shape index (κ1) is 15.2. The quantitative estimate of drug-likeness (QED) is 0.874. The van der Waals surface area contributed by atoms with Gasteiger partial charge in [-0.1, -0.05) is 43.3 Å². The summed E-state index contributed by atoms with van der Waals surface area (Å²) in [5.74, 6) is 0.425. The van der Waals surface area contributed by atoms with E-state index in [9.17, 15) is 0 Å². The van der Waals surface area contributed by atoms with Gasteiger partial charge in [-0.3, -0.25) is 4.90 Å². The molecular formula is C17H24N2S. The van der Waals surface area contributed by atoms with Crippen molar-refractivity contribution in [3.63, 3.8) is 0 Å². The first-order valence-electron chi connectivity index (χ1n) is 7.15. The minimum absolute atomic E-state index is 0.342. The van der Waals surface area contributed by atoms with Gasteiger partial charge in [0.05, 0.1) is 0 Å². The number of likely N-dealkylation sites (N-methyl/N-ethyl adjacent to an activating group) is 1. The van der Waals surface area contributed by atoms with Gasteiger partial charge in [0.1, 0.15) is 0 Å². The molecular weight excluding hydrogens is 264 g/mol. The lowest BCUT2D eigenvalue weighted by Gasteiger charge is -2.36. The molecule has 1 heterocycles. The molecule has 0 saturated carbocycles. The van der Waals surface area contributed by atoms with E-state index in [1.165, 1.54) is 10.4 Å². The molecule has 3 unspecified atom stereocenters. The molecule has 3 heteroatoms. The Balaban J connectivity index is 2.15. The minimum Gasteiger partial charge on any atom is -0.329 e. The molecule has 2 nitrogen and oxygen atoms in total. The van der Waals surface area contributed by atoms with E-state index in [2.05, 4.69) is 73.6 Å². The van der Waals surface area contributed by atoms with Crippen molar-refractivity contribution in [3.8, 4) is 0 Å². The summed E-state index contributed by atoms with van der Waals surface area (Å²) in [5.41, 5.74) is 7.42. The number of hydrogen-bond donors (Lipinski definition) is 1. The van der Waals surface area contributed by atoms with Crippen molar-refractivity contribution in [2.45, 2.75) is 31.8 Å². The van der Waals surface area contributed by atoms with Gasteiger partial charge in [-0.15, -0.1) is 11.3 Å². The predicted octanol–water partition coefficient (Wildman–Crippen LogP) is 3.87. The van der Waals surface area contributed by atoms with Crippen LogP contribution in [0.4, 0.5) is 0 Å². The Bertz CT molecular complexity index is 495. The molecule has 3 atom stereocenters. The van der Waals surface area contributed by atoms with Crippen LogP contribution in [0.5, 0.6) is 0 Å². The third kappa shape index (κ3) is 3.29. The van der Waals surface area contributed by atoms with Gasteiger partial charge in [-0.2, -0.15) is 0 Å². The maximum atomic E-state index is 6.06. The molecule has 0 bridgehead atoms. The average Bonchev–Trinajstić information content (AvgIpc) is 3.02. The van der Waals surface area contributed by atoms with E-state index in [4.69, 9.17) is 5.73 Å². The van der Waals surface area contributed by atoms with Crippen LogP contribution in [0.3, 0.4) is 0 Å². The molecule has 2 rings (SSSR count). The lowest BCUT2D eigenvalue weighted by atomic mass is 9.91. The molecule has 0 saturated heterocycles. The molecule has 0 spiro atoms. The molecule has 0 amide bonds. The lowest BCUT2D eigenvalue weighted by Crippen LogP contribution is -2.42. The Hall–Kier alpha value is -1.16. The van der Waals surface area contributed by atoms with E-state index < -0.39 is 0 Å². The molecule has 20 heavy (non-hydrogen) atoms. The van der Waals surface area contributed by atoms with Crippen molar-refractivity contribution in [2.75, 3.05) is 13.6 Å². The zero-order valence-electron chi connectivity index (χ0n) is 12.5. The number of nitrogens with zero attached hydrogens (tertiary/aromatic N) is 1. The van der Waals surface area contributed by atoms with Gasteiger partial charge < -0.3 is 5.73 Å². The van der Waals surface area contributed by atoms with Crippen molar-refractivity contribution in [2.24, 2.45) is 5.73 Å². The van der Waals surface area contributed by atoms with E-state index in [0.29, 0.717) is 24.5 Å². The highest BCUT2D eigenvalue weighted by molar-refractivity contribution is 7.10. The number of thiophene rings is 1. The Morgan fingerprint density at radius 3 is 2.35 bits per heavy atom. The zero-order valence-corrected chi connectivity index (χ0v) is 13.3. The normalized spacial score (nSPS) is 16.1. The highest BCUT2D eigenvalue weighted by Crippen LogP contribution is 2.30. The fourth-order valence-corrected chi connectivity index (χ4v) is 3.55. The highest BCUT2D eigenvalue weighted by atomic mass is 32.1. The summed E-state index contributed by atoms with van der Waals surface area (Å²) in [6.45, 7) is 5.19. The second-order valence-corrected chi connectivity index (χ2v) is 6.34. The maximum absolute atomic E-state index is 6.06. The van der Waals surface area contributed by atoms with Crippen LogP contribution < -0.4 is 5.73 Å². The average molecular weight is 288 g/mol. The molecule has 0 aliphatic heterocycles. The van der Waals surface area contributed by atoms with E-state index in [-0.39, 0.29) is 0 Å². The molecule has 2 aromatic rings. The fourth-order valence-electron chi connectivity index (χ4n) is 2.72. The topological polar surface area (TPSA) is 29.3 Å². The SMILES string of the molecule is CC(c1ccccc1)C(CN)N(C)C(C)c1cccs1. The van der Waals surface area contributed by atoms with Crippen LogP contribution in [0.15, 0.2) is 47.8 Å². The van der Waals surface area contributed by atoms with E-state index in [1.807, 2.05) is 11.3 Å². The van der Waals surface area contributed by atoms with Crippen LogP contribution >= 0.6 is 11.3 Å². The molecule has 2 N–H and O–H groups in total. The van der Waals surface area contributed by atoms with Gasteiger partial charge in [-0.25, -0.2) is 0 Å². The standard InChI is InChI=1S/C17H24N2S/c1-13(15-8-5-4-6-9-15)16(12-18)19(3)14(2)17-10-7-11-20-17/h4-11,13-14,16H,12,18H2,1-3H3. The van der Waals surface area contributed by atoms with Crippen molar-refractivity contribution in [1.82, 2.24) is 4.90 Å². The summed E-state index contributed by atoms with van der Waals surface area (Å²) in [5, 5.41) is 2.14.